The zero-order valence-electron chi connectivity index (χ0n) is 11.5. The van der Waals surface area contributed by atoms with E-state index in [2.05, 4.69) is 30.7 Å². The predicted octanol–water partition coefficient (Wildman–Crippen LogP) is 3.01. The van der Waals surface area contributed by atoms with Crippen LogP contribution in [0.2, 0.25) is 0 Å². The topological polar surface area (TPSA) is 29.0 Å². The summed E-state index contributed by atoms with van der Waals surface area (Å²) in [5.41, 5.74) is 0.00821. The summed E-state index contributed by atoms with van der Waals surface area (Å²) in [6.45, 7) is 6.91. The summed E-state index contributed by atoms with van der Waals surface area (Å²) < 4.78 is 26.5. The van der Waals surface area contributed by atoms with Gasteiger partial charge in [-0.05, 0) is 29.7 Å². The summed E-state index contributed by atoms with van der Waals surface area (Å²) >= 11 is 0. The Hall–Kier alpha value is -1.26. The molecule has 2 aliphatic heterocycles. The summed E-state index contributed by atoms with van der Waals surface area (Å²) in [4.78, 5) is 10.3. The van der Waals surface area contributed by atoms with Gasteiger partial charge in [-0.15, -0.1) is 0 Å². The van der Waals surface area contributed by atoms with Crippen molar-refractivity contribution < 1.29 is 8.78 Å². The van der Waals surface area contributed by atoms with Crippen LogP contribution in [0.4, 0.5) is 14.7 Å². The van der Waals surface area contributed by atoms with Crippen LogP contribution in [-0.2, 0) is 5.41 Å². The maximum Gasteiger partial charge on any atom is 0.261 e. The lowest BCUT2D eigenvalue weighted by molar-refractivity contribution is 0.0124. The zero-order chi connectivity index (χ0) is 13.8. The molecule has 104 valence electrons. The van der Waals surface area contributed by atoms with Gasteiger partial charge in [0, 0.05) is 18.9 Å². The van der Waals surface area contributed by atoms with Crippen molar-refractivity contribution in [1.82, 2.24) is 9.97 Å². The number of hydrogen-bond acceptors (Lipinski definition) is 3. The van der Waals surface area contributed by atoms with Crippen molar-refractivity contribution in [3.05, 3.63) is 18.0 Å². The molecule has 5 heteroatoms. The maximum atomic E-state index is 13.3. The Bertz CT molecular complexity index is 472. The third-order valence-corrected chi connectivity index (χ3v) is 4.41. The smallest absolute Gasteiger partial charge is 0.261 e. The highest BCUT2D eigenvalue weighted by Crippen LogP contribution is 2.54. The maximum absolute atomic E-state index is 13.3. The molecule has 0 N–H and O–H groups in total. The standard InChI is InChI=1S/C14H19F2N3/c1-13(2,3)10-6-17-12(18-7-10)19-8-9-4-14(19,5-9)11(15)16/h6-7,9,11H,4-5,8H2,1-3H3. The highest BCUT2D eigenvalue weighted by molar-refractivity contribution is 5.43. The van der Waals surface area contributed by atoms with Gasteiger partial charge in [-0.1, -0.05) is 20.8 Å². The lowest BCUT2D eigenvalue weighted by Crippen LogP contribution is -2.52. The SMILES string of the molecule is CC(C)(C)c1cnc(N2CC3CC2(C(F)F)C3)nc1. The van der Waals surface area contributed by atoms with Crippen molar-refractivity contribution in [2.45, 2.75) is 51.0 Å². The minimum absolute atomic E-state index is 0.0218. The molecule has 0 atom stereocenters. The average Bonchev–Trinajstić information content (AvgIpc) is 2.82. The van der Waals surface area contributed by atoms with Gasteiger partial charge in [-0.2, -0.15) is 0 Å². The van der Waals surface area contributed by atoms with Gasteiger partial charge in [0.05, 0.1) is 0 Å². The first-order valence-corrected chi connectivity index (χ1v) is 6.71. The molecule has 3 aliphatic rings. The number of anilines is 1. The van der Waals surface area contributed by atoms with Crippen LogP contribution in [-0.4, -0.2) is 28.5 Å². The summed E-state index contributed by atoms with van der Waals surface area (Å²) in [5, 5.41) is 0. The first kappa shape index (κ1) is 12.8. The number of rotatable bonds is 2. The second-order valence-corrected chi connectivity index (χ2v) is 6.81. The van der Waals surface area contributed by atoms with Gasteiger partial charge >= 0.3 is 0 Å². The van der Waals surface area contributed by atoms with Crippen molar-refractivity contribution in [3.8, 4) is 0 Å². The Morgan fingerprint density at radius 2 is 1.84 bits per heavy atom. The molecule has 4 rings (SSSR count). The normalized spacial score (nSPS) is 29.8. The van der Waals surface area contributed by atoms with Gasteiger partial charge in [0.25, 0.3) is 6.43 Å². The van der Waals surface area contributed by atoms with Gasteiger partial charge in [0.2, 0.25) is 5.95 Å². The fraction of sp³-hybridized carbons (Fsp3) is 0.714. The molecule has 1 aromatic rings. The van der Waals surface area contributed by atoms with Crippen LogP contribution in [0, 0.1) is 5.92 Å². The molecule has 0 unspecified atom stereocenters. The Morgan fingerprint density at radius 3 is 2.32 bits per heavy atom. The van der Waals surface area contributed by atoms with E-state index >= 15 is 0 Å². The summed E-state index contributed by atoms with van der Waals surface area (Å²) in [6.07, 6.45) is 2.36. The van der Waals surface area contributed by atoms with E-state index in [0.717, 1.165) is 5.56 Å². The molecule has 3 heterocycles. The second kappa shape index (κ2) is 3.87. The quantitative estimate of drug-likeness (QED) is 0.824. The van der Waals surface area contributed by atoms with Crippen molar-refractivity contribution in [3.63, 3.8) is 0 Å². The number of alkyl halides is 2. The van der Waals surface area contributed by atoms with Crippen LogP contribution in [0.1, 0.15) is 39.2 Å². The van der Waals surface area contributed by atoms with Crippen LogP contribution in [0.5, 0.6) is 0 Å². The lowest BCUT2D eigenvalue weighted by atomic mass is 9.73. The molecule has 19 heavy (non-hydrogen) atoms. The van der Waals surface area contributed by atoms with Crippen LogP contribution in [0.15, 0.2) is 12.4 Å². The highest BCUT2D eigenvalue weighted by atomic mass is 19.3. The number of halogens is 2. The van der Waals surface area contributed by atoms with Gasteiger partial charge in [0.1, 0.15) is 5.54 Å². The molecule has 1 aromatic heterocycles. The van der Waals surface area contributed by atoms with E-state index in [-0.39, 0.29) is 5.41 Å². The molecule has 1 saturated carbocycles. The van der Waals surface area contributed by atoms with E-state index < -0.39 is 12.0 Å². The van der Waals surface area contributed by atoms with Gasteiger partial charge < -0.3 is 4.90 Å². The molecule has 0 spiro atoms. The number of fused-ring (bicyclic) bond motifs is 1. The minimum atomic E-state index is -2.32. The van der Waals surface area contributed by atoms with E-state index in [1.807, 2.05) is 0 Å². The largest absolute Gasteiger partial charge is 0.329 e. The van der Waals surface area contributed by atoms with E-state index in [1.165, 1.54) is 0 Å². The minimum Gasteiger partial charge on any atom is -0.329 e. The molecule has 2 bridgehead atoms. The molecule has 0 aromatic carbocycles. The molecule has 3 fully saturated rings. The third-order valence-electron chi connectivity index (χ3n) is 4.41. The Morgan fingerprint density at radius 1 is 1.26 bits per heavy atom. The van der Waals surface area contributed by atoms with Gasteiger partial charge in [0.15, 0.2) is 0 Å². The Balaban J connectivity index is 1.88. The van der Waals surface area contributed by atoms with Gasteiger partial charge in [-0.3, -0.25) is 0 Å². The predicted molar refractivity (Wildman–Crippen MR) is 69.5 cm³/mol. The number of nitrogens with zero attached hydrogens (tertiary/aromatic N) is 3. The average molecular weight is 267 g/mol. The van der Waals surface area contributed by atoms with Crippen LogP contribution in [0.3, 0.4) is 0 Å². The fourth-order valence-electron chi connectivity index (χ4n) is 3.15. The monoisotopic (exact) mass is 267 g/mol. The number of aromatic nitrogens is 2. The summed E-state index contributed by atoms with van der Waals surface area (Å²) in [7, 11) is 0. The molecule has 0 radical (unpaired) electrons. The molecule has 1 aliphatic carbocycles. The second-order valence-electron chi connectivity index (χ2n) is 6.81. The molecular weight excluding hydrogens is 248 g/mol. The molecule has 0 amide bonds. The van der Waals surface area contributed by atoms with Crippen LogP contribution < -0.4 is 4.90 Å². The van der Waals surface area contributed by atoms with Crippen LogP contribution >= 0.6 is 0 Å². The highest BCUT2D eigenvalue weighted by Gasteiger charge is 2.62. The van der Waals surface area contributed by atoms with E-state index in [1.54, 1.807) is 17.3 Å². The first-order chi connectivity index (χ1) is 8.83. The van der Waals surface area contributed by atoms with E-state index in [0.29, 0.717) is 31.3 Å². The van der Waals surface area contributed by atoms with Crippen LogP contribution in [0.25, 0.3) is 0 Å². The molecule has 2 saturated heterocycles. The first-order valence-electron chi connectivity index (χ1n) is 6.71. The fourth-order valence-corrected chi connectivity index (χ4v) is 3.15. The van der Waals surface area contributed by atoms with E-state index in [9.17, 15) is 8.78 Å². The third kappa shape index (κ3) is 1.82. The van der Waals surface area contributed by atoms with Crippen molar-refractivity contribution in [2.24, 2.45) is 5.92 Å². The van der Waals surface area contributed by atoms with E-state index in [4.69, 9.17) is 0 Å². The van der Waals surface area contributed by atoms with Crippen molar-refractivity contribution >= 4 is 5.95 Å². The van der Waals surface area contributed by atoms with Crippen molar-refractivity contribution in [1.29, 1.82) is 0 Å². The zero-order valence-corrected chi connectivity index (χ0v) is 11.5. The Labute approximate surface area is 112 Å². The lowest BCUT2D eigenvalue weighted by Gasteiger charge is -2.41. The Kier molecular flexibility index (Phi) is 2.60. The molecular formula is C14H19F2N3. The number of hydrogen-bond donors (Lipinski definition) is 0. The summed E-state index contributed by atoms with van der Waals surface area (Å²) in [6, 6.07) is 0. The summed E-state index contributed by atoms with van der Waals surface area (Å²) in [5.74, 6) is 0.841. The van der Waals surface area contributed by atoms with Crippen molar-refractivity contribution in [2.75, 3.05) is 11.4 Å². The molecule has 3 nitrogen and oxygen atoms in total. The van der Waals surface area contributed by atoms with Gasteiger partial charge in [-0.25, -0.2) is 18.7 Å².